The monoisotopic (exact) mass is 363 g/mol. The summed E-state index contributed by atoms with van der Waals surface area (Å²) < 4.78 is 12.7. The molecule has 1 fully saturated rings. The van der Waals surface area contributed by atoms with Crippen LogP contribution in [-0.2, 0) is 9.47 Å². The molecule has 0 amide bonds. The van der Waals surface area contributed by atoms with Gasteiger partial charge in [-0.05, 0) is 5.56 Å². The first kappa shape index (κ1) is 15.9. The van der Waals surface area contributed by atoms with Gasteiger partial charge in [0.05, 0.1) is 34.4 Å². The Balaban J connectivity index is 0.00000162. The molecule has 18 heavy (non-hydrogen) atoms. The number of rotatable bonds is 3. The van der Waals surface area contributed by atoms with Crippen LogP contribution in [0.4, 0.5) is 0 Å². The zero-order valence-electron chi connectivity index (χ0n) is 11.3. The summed E-state index contributed by atoms with van der Waals surface area (Å²) in [6, 6.07) is 10.3. The van der Waals surface area contributed by atoms with Crippen molar-refractivity contribution in [2.24, 2.45) is 0 Å². The van der Waals surface area contributed by atoms with Gasteiger partial charge in [-0.25, -0.2) is 0 Å². The summed E-state index contributed by atoms with van der Waals surface area (Å²) in [6.45, 7) is 2.35. The molecule has 0 bridgehead atoms. The van der Waals surface area contributed by atoms with Gasteiger partial charge in [-0.3, -0.25) is 0 Å². The van der Waals surface area contributed by atoms with Crippen LogP contribution in [-0.4, -0.2) is 51.5 Å². The number of hydrogen-bond donors (Lipinski definition) is 0. The molecule has 1 aromatic carbocycles. The van der Waals surface area contributed by atoms with Crippen molar-refractivity contribution >= 4 is 0 Å². The molecule has 0 saturated carbocycles. The smallest absolute Gasteiger partial charge is 0.130 e. The summed E-state index contributed by atoms with van der Waals surface area (Å²) >= 11 is 0. The van der Waals surface area contributed by atoms with Crippen LogP contribution in [0, 0.1) is 0 Å². The summed E-state index contributed by atoms with van der Waals surface area (Å²) in [6.07, 6.45) is 0.274. The highest BCUT2D eigenvalue weighted by molar-refractivity contribution is 5.17. The van der Waals surface area contributed by atoms with Gasteiger partial charge < -0.3 is 37.9 Å². The molecule has 1 aliphatic heterocycles. The van der Waals surface area contributed by atoms with Crippen molar-refractivity contribution < 1.29 is 37.9 Å². The third-order valence-corrected chi connectivity index (χ3v) is 2.85. The van der Waals surface area contributed by atoms with Gasteiger partial charge in [-0.15, -0.1) is 0 Å². The summed E-state index contributed by atoms with van der Waals surface area (Å²) in [4.78, 5) is 0. The SMILES string of the molecule is C[N+](C)(C)C[C@@H]1COC[C@@H](c2ccccc2)O1.[I-]. The Hall–Kier alpha value is -0.170. The van der Waals surface area contributed by atoms with Crippen LogP contribution in [0.15, 0.2) is 30.3 Å². The second-order valence-corrected chi connectivity index (χ2v) is 5.67. The maximum atomic E-state index is 6.11. The molecule has 2 atom stereocenters. The Kier molecular flexibility index (Phi) is 6.04. The van der Waals surface area contributed by atoms with Crippen molar-refractivity contribution in [3.63, 3.8) is 0 Å². The summed E-state index contributed by atoms with van der Waals surface area (Å²) in [5.74, 6) is 0. The topological polar surface area (TPSA) is 18.5 Å². The van der Waals surface area contributed by atoms with E-state index >= 15 is 0 Å². The Morgan fingerprint density at radius 2 is 1.78 bits per heavy atom. The van der Waals surface area contributed by atoms with Gasteiger partial charge in [-0.2, -0.15) is 0 Å². The van der Waals surface area contributed by atoms with Crippen LogP contribution in [0.3, 0.4) is 0 Å². The second-order valence-electron chi connectivity index (χ2n) is 5.67. The number of ether oxygens (including phenoxy) is 2. The molecule has 0 radical (unpaired) electrons. The number of quaternary nitrogens is 1. The maximum Gasteiger partial charge on any atom is 0.130 e. The molecule has 0 unspecified atom stereocenters. The van der Waals surface area contributed by atoms with Crippen molar-refractivity contribution in [3.8, 4) is 0 Å². The number of benzene rings is 1. The second kappa shape index (κ2) is 6.84. The van der Waals surface area contributed by atoms with Gasteiger partial charge in [0, 0.05) is 0 Å². The minimum absolute atomic E-state index is 0. The molecule has 0 N–H and O–H groups in total. The zero-order valence-corrected chi connectivity index (χ0v) is 13.5. The lowest BCUT2D eigenvalue weighted by molar-refractivity contribution is -0.874. The van der Waals surface area contributed by atoms with Crippen molar-refractivity contribution in [1.29, 1.82) is 0 Å². The average Bonchev–Trinajstić information content (AvgIpc) is 2.28. The van der Waals surface area contributed by atoms with Crippen molar-refractivity contribution in [2.75, 3.05) is 40.9 Å². The van der Waals surface area contributed by atoms with Crippen LogP contribution >= 0.6 is 0 Å². The molecular formula is C14H22INO2. The Labute approximate surface area is 127 Å². The largest absolute Gasteiger partial charge is 1.00 e. The normalized spacial score (nSPS) is 24.4. The molecule has 0 spiro atoms. The minimum Gasteiger partial charge on any atom is -1.00 e. The predicted molar refractivity (Wildman–Crippen MR) is 67.8 cm³/mol. The highest BCUT2D eigenvalue weighted by Crippen LogP contribution is 2.24. The highest BCUT2D eigenvalue weighted by atomic mass is 127. The van der Waals surface area contributed by atoms with Gasteiger partial charge in [0.15, 0.2) is 0 Å². The van der Waals surface area contributed by atoms with E-state index in [2.05, 4.69) is 33.3 Å². The van der Waals surface area contributed by atoms with Crippen LogP contribution in [0.5, 0.6) is 0 Å². The minimum atomic E-state index is 0. The first-order valence-electron chi connectivity index (χ1n) is 6.13. The van der Waals surface area contributed by atoms with E-state index in [1.54, 1.807) is 0 Å². The maximum absolute atomic E-state index is 6.11. The standard InChI is InChI=1S/C14H22NO2.HI/c1-15(2,3)9-13-10-16-11-14(17-13)12-7-5-4-6-8-12;/h4-8,13-14H,9-11H2,1-3H3;1H/q+1;/p-1/t13-,14+;/m1./s1. The van der Waals surface area contributed by atoms with Crippen LogP contribution in [0.1, 0.15) is 11.7 Å². The lowest BCUT2D eigenvalue weighted by atomic mass is 10.1. The van der Waals surface area contributed by atoms with E-state index in [0.29, 0.717) is 13.2 Å². The number of hydrogen-bond acceptors (Lipinski definition) is 2. The molecule has 3 nitrogen and oxygen atoms in total. The molecule has 0 aromatic heterocycles. The molecule has 2 rings (SSSR count). The van der Waals surface area contributed by atoms with E-state index < -0.39 is 0 Å². The molecular weight excluding hydrogens is 341 g/mol. The molecule has 102 valence electrons. The molecule has 0 aliphatic carbocycles. The molecule has 1 heterocycles. The number of likely N-dealkylation sites (N-methyl/N-ethyl adjacent to an activating group) is 1. The highest BCUT2D eigenvalue weighted by Gasteiger charge is 2.28. The number of nitrogens with zero attached hydrogens (tertiary/aromatic N) is 1. The predicted octanol–water partition coefficient (Wildman–Crippen LogP) is -1.15. The van der Waals surface area contributed by atoms with Gasteiger partial charge in [0.2, 0.25) is 0 Å². The van der Waals surface area contributed by atoms with E-state index in [-0.39, 0.29) is 36.2 Å². The molecule has 4 heteroatoms. The fourth-order valence-corrected chi connectivity index (χ4v) is 2.17. The van der Waals surface area contributed by atoms with Crippen LogP contribution < -0.4 is 24.0 Å². The third-order valence-electron chi connectivity index (χ3n) is 2.85. The quantitative estimate of drug-likeness (QED) is 0.499. The fraction of sp³-hybridized carbons (Fsp3) is 0.571. The zero-order chi connectivity index (χ0) is 12.3. The fourth-order valence-electron chi connectivity index (χ4n) is 2.17. The Morgan fingerprint density at radius 3 is 2.39 bits per heavy atom. The first-order chi connectivity index (χ1) is 8.04. The van der Waals surface area contributed by atoms with E-state index in [4.69, 9.17) is 9.47 Å². The molecule has 1 saturated heterocycles. The van der Waals surface area contributed by atoms with Gasteiger partial charge in [0.1, 0.15) is 18.8 Å². The molecule has 1 aromatic rings. The van der Waals surface area contributed by atoms with Gasteiger partial charge in [0.25, 0.3) is 0 Å². The first-order valence-corrected chi connectivity index (χ1v) is 6.13. The summed E-state index contributed by atoms with van der Waals surface area (Å²) in [7, 11) is 6.53. The lowest BCUT2D eigenvalue weighted by Gasteiger charge is -2.34. The summed E-state index contributed by atoms with van der Waals surface area (Å²) in [5, 5.41) is 0. The van der Waals surface area contributed by atoms with E-state index in [0.717, 1.165) is 11.0 Å². The van der Waals surface area contributed by atoms with Gasteiger partial charge in [-0.1, -0.05) is 30.3 Å². The van der Waals surface area contributed by atoms with Crippen LogP contribution in [0.25, 0.3) is 0 Å². The van der Waals surface area contributed by atoms with Gasteiger partial charge >= 0.3 is 0 Å². The van der Waals surface area contributed by atoms with Crippen LogP contribution in [0.2, 0.25) is 0 Å². The van der Waals surface area contributed by atoms with E-state index in [1.165, 1.54) is 5.56 Å². The van der Waals surface area contributed by atoms with Crippen molar-refractivity contribution in [2.45, 2.75) is 12.2 Å². The Morgan fingerprint density at radius 1 is 1.11 bits per heavy atom. The Bertz CT molecular complexity index is 351. The number of halogens is 1. The van der Waals surface area contributed by atoms with E-state index in [9.17, 15) is 0 Å². The molecule has 1 aliphatic rings. The van der Waals surface area contributed by atoms with Crippen molar-refractivity contribution in [1.82, 2.24) is 0 Å². The average molecular weight is 363 g/mol. The van der Waals surface area contributed by atoms with Crippen molar-refractivity contribution in [3.05, 3.63) is 35.9 Å². The third kappa shape index (κ3) is 4.84. The van der Waals surface area contributed by atoms with E-state index in [1.807, 2.05) is 18.2 Å². The summed E-state index contributed by atoms with van der Waals surface area (Å²) in [5.41, 5.74) is 1.21. The lowest BCUT2D eigenvalue weighted by Crippen LogP contribution is -3.00.